The van der Waals surface area contributed by atoms with Crippen molar-refractivity contribution >= 4 is 0 Å². The molecule has 0 amide bonds. The first-order valence-electron chi connectivity index (χ1n) is 3.52. The highest BCUT2D eigenvalue weighted by Crippen LogP contribution is 2.08. The third-order valence-electron chi connectivity index (χ3n) is 1.64. The second-order valence-electron chi connectivity index (χ2n) is 2.49. The zero-order chi connectivity index (χ0) is 9.14. The molecule has 4 nitrogen and oxygen atoms in total. The van der Waals surface area contributed by atoms with Crippen LogP contribution in [0.4, 0.5) is 0 Å². The third-order valence-corrected chi connectivity index (χ3v) is 1.64. The van der Waals surface area contributed by atoms with E-state index in [4.69, 9.17) is 0 Å². The van der Waals surface area contributed by atoms with Crippen LogP contribution in [0.25, 0.3) is 0 Å². The van der Waals surface area contributed by atoms with Gasteiger partial charge in [-0.3, -0.25) is 4.79 Å². The van der Waals surface area contributed by atoms with Gasteiger partial charge in [-0.25, -0.2) is 0 Å². The maximum absolute atomic E-state index is 10.9. The van der Waals surface area contributed by atoms with Crippen LogP contribution in [-0.4, -0.2) is 16.8 Å². The summed E-state index contributed by atoms with van der Waals surface area (Å²) in [4.78, 5) is 10.9. The number of nitrogens with zero attached hydrogens (tertiary/aromatic N) is 1. The summed E-state index contributed by atoms with van der Waals surface area (Å²) in [6.07, 6.45) is 0.545. The highest BCUT2D eigenvalue weighted by molar-refractivity contribution is 5.07. The molecule has 0 aliphatic carbocycles. The van der Waals surface area contributed by atoms with Gasteiger partial charge in [0.1, 0.15) is 0 Å². The van der Waals surface area contributed by atoms with Crippen molar-refractivity contribution in [2.45, 2.75) is 6.29 Å². The van der Waals surface area contributed by atoms with Crippen LogP contribution in [0, 0.1) is 0 Å². The van der Waals surface area contributed by atoms with Gasteiger partial charge in [0.15, 0.2) is 11.7 Å². The monoisotopic (exact) mass is 169 g/mol. The van der Waals surface area contributed by atoms with Gasteiger partial charge < -0.3 is 14.4 Å². The van der Waals surface area contributed by atoms with E-state index in [1.807, 2.05) is 0 Å². The van der Waals surface area contributed by atoms with Crippen molar-refractivity contribution in [2.24, 2.45) is 7.05 Å². The molecule has 1 atom stereocenters. The molecule has 1 heterocycles. The summed E-state index contributed by atoms with van der Waals surface area (Å²) >= 11 is 0. The molecule has 12 heavy (non-hydrogen) atoms. The Bertz CT molecular complexity index is 318. The highest BCUT2D eigenvalue weighted by atomic mass is 16.6. The lowest BCUT2D eigenvalue weighted by Gasteiger charge is -2.12. The minimum Gasteiger partial charge on any atom is -0.363 e. The molecule has 0 bridgehead atoms. The Balaban J connectivity index is 3.13. The van der Waals surface area contributed by atoms with Crippen molar-refractivity contribution in [3.8, 4) is 0 Å². The zero-order valence-electron chi connectivity index (χ0n) is 7.02. The smallest absolute Gasteiger partial charge is 0.196 e. The minimum atomic E-state index is -1.04. The average Bonchev–Trinajstić information content (AvgIpc) is 2.08. The molecule has 1 aromatic heterocycles. The molecule has 0 saturated heterocycles. The summed E-state index contributed by atoms with van der Waals surface area (Å²) in [5.41, 5.74) is 0.309. The van der Waals surface area contributed by atoms with Crippen LogP contribution in [0.2, 0.25) is 0 Å². The minimum absolute atomic E-state index is 0.140. The summed E-state index contributed by atoms with van der Waals surface area (Å²) < 4.78 is 6.30. The standard InChI is InChI=1S/C8H11NO3/c1-9-4-3-6(10)5-7(9)8(11)12-2/h3-5,8,11H,1-2H3. The van der Waals surface area contributed by atoms with Crippen LogP contribution in [0.15, 0.2) is 23.1 Å². The van der Waals surface area contributed by atoms with E-state index in [0.29, 0.717) is 5.69 Å². The van der Waals surface area contributed by atoms with Gasteiger partial charge in [-0.05, 0) is 0 Å². The lowest BCUT2D eigenvalue weighted by molar-refractivity contribution is -0.0819. The number of hydrogen-bond donors (Lipinski definition) is 1. The second kappa shape index (κ2) is 3.51. The van der Waals surface area contributed by atoms with Gasteiger partial charge in [0.2, 0.25) is 0 Å². The summed E-state index contributed by atoms with van der Waals surface area (Å²) in [6, 6.07) is 2.76. The van der Waals surface area contributed by atoms with E-state index in [2.05, 4.69) is 4.74 Å². The van der Waals surface area contributed by atoms with Crippen molar-refractivity contribution < 1.29 is 9.84 Å². The van der Waals surface area contributed by atoms with Crippen LogP contribution in [0.1, 0.15) is 12.0 Å². The SMILES string of the molecule is COC(O)c1cc(=O)ccn1C. The second-order valence-corrected chi connectivity index (χ2v) is 2.49. The maximum atomic E-state index is 10.9. The first-order chi connectivity index (χ1) is 5.65. The molecule has 0 saturated carbocycles. The first-order valence-corrected chi connectivity index (χ1v) is 3.52. The van der Waals surface area contributed by atoms with Gasteiger partial charge in [0.25, 0.3) is 0 Å². The van der Waals surface area contributed by atoms with Crippen molar-refractivity contribution in [3.05, 3.63) is 34.2 Å². The van der Waals surface area contributed by atoms with E-state index in [9.17, 15) is 9.90 Å². The number of aliphatic hydroxyl groups excluding tert-OH is 1. The zero-order valence-corrected chi connectivity index (χ0v) is 7.02. The topological polar surface area (TPSA) is 51.5 Å². The predicted octanol–water partition coefficient (Wildman–Crippen LogP) is 0.0226. The largest absolute Gasteiger partial charge is 0.363 e. The fraction of sp³-hybridized carbons (Fsp3) is 0.375. The molecular weight excluding hydrogens is 158 g/mol. The molecule has 4 heteroatoms. The number of rotatable bonds is 2. The molecule has 0 radical (unpaired) electrons. The van der Waals surface area contributed by atoms with Gasteiger partial charge in [0, 0.05) is 32.5 Å². The van der Waals surface area contributed by atoms with Gasteiger partial charge in [-0.15, -0.1) is 0 Å². The van der Waals surface area contributed by atoms with Crippen LogP contribution >= 0.6 is 0 Å². The van der Waals surface area contributed by atoms with Crippen LogP contribution < -0.4 is 5.43 Å². The molecule has 1 rings (SSSR count). The van der Waals surface area contributed by atoms with E-state index in [0.717, 1.165) is 0 Å². The van der Waals surface area contributed by atoms with Crippen molar-refractivity contribution in [2.75, 3.05) is 7.11 Å². The van der Waals surface area contributed by atoms with E-state index in [1.54, 1.807) is 17.8 Å². The third kappa shape index (κ3) is 1.72. The molecule has 0 aromatic carbocycles. The Morgan fingerprint density at radius 2 is 2.33 bits per heavy atom. The Labute approximate surface area is 70.0 Å². The van der Waals surface area contributed by atoms with E-state index in [-0.39, 0.29) is 5.43 Å². The van der Waals surface area contributed by atoms with Gasteiger partial charge in [0.05, 0.1) is 5.69 Å². The number of aromatic nitrogens is 1. The first kappa shape index (κ1) is 8.96. The lowest BCUT2D eigenvalue weighted by atomic mass is 10.3. The number of hydrogen-bond acceptors (Lipinski definition) is 3. The molecular formula is C8H11NO3. The van der Waals surface area contributed by atoms with E-state index in [1.165, 1.54) is 19.2 Å². The van der Waals surface area contributed by atoms with Crippen molar-refractivity contribution in [3.63, 3.8) is 0 Å². The van der Waals surface area contributed by atoms with Crippen LogP contribution in [-0.2, 0) is 11.8 Å². The summed E-state index contributed by atoms with van der Waals surface area (Å²) in [5, 5.41) is 9.25. The number of ether oxygens (including phenoxy) is 1. The van der Waals surface area contributed by atoms with Crippen LogP contribution in [0.5, 0.6) is 0 Å². The van der Waals surface area contributed by atoms with E-state index >= 15 is 0 Å². The quantitative estimate of drug-likeness (QED) is 0.635. The van der Waals surface area contributed by atoms with Gasteiger partial charge >= 0.3 is 0 Å². The number of aliphatic hydroxyl groups is 1. The molecule has 0 fully saturated rings. The molecule has 0 aliphatic heterocycles. The summed E-state index contributed by atoms with van der Waals surface area (Å²) in [5.74, 6) is 0. The molecule has 0 spiro atoms. The van der Waals surface area contributed by atoms with Crippen LogP contribution in [0.3, 0.4) is 0 Å². The molecule has 66 valence electrons. The summed E-state index contributed by atoms with van der Waals surface area (Å²) in [6.45, 7) is 0. The van der Waals surface area contributed by atoms with Crippen molar-refractivity contribution in [1.82, 2.24) is 4.57 Å². The Morgan fingerprint density at radius 1 is 1.67 bits per heavy atom. The fourth-order valence-electron chi connectivity index (χ4n) is 0.933. The van der Waals surface area contributed by atoms with Gasteiger partial charge in [-0.1, -0.05) is 0 Å². The van der Waals surface area contributed by atoms with E-state index < -0.39 is 6.29 Å². The molecule has 1 N–H and O–H groups in total. The Morgan fingerprint density at radius 3 is 2.92 bits per heavy atom. The van der Waals surface area contributed by atoms with Crippen molar-refractivity contribution in [1.29, 1.82) is 0 Å². The number of methoxy groups -OCH3 is 1. The Kier molecular flexibility index (Phi) is 2.62. The highest BCUT2D eigenvalue weighted by Gasteiger charge is 2.07. The molecule has 1 unspecified atom stereocenters. The summed E-state index contributed by atoms with van der Waals surface area (Å²) in [7, 11) is 3.11. The lowest BCUT2D eigenvalue weighted by Crippen LogP contribution is -2.13. The predicted molar refractivity (Wildman–Crippen MR) is 43.7 cm³/mol. The maximum Gasteiger partial charge on any atom is 0.196 e. The number of aryl methyl sites for hydroxylation is 1. The molecule has 1 aromatic rings. The fourth-order valence-corrected chi connectivity index (χ4v) is 0.933. The number of pyridine rings is 1. The molecule has 0 aliphatic rings. The van der Waals surface area contributed by atoms with Gasteiger partial charge in [-0.2, -0.15) is 0 Å². The average molecular weight is 169 g/mol. The normalized spacial score (nSPS) is 12.9. The Hall–Kier alpha value is -1.13.